The van der Waals surface area contributed by atoms with Crippen molar-refractivity contribution >= 4 is 17.6 Å². The molecule has 4 rings (SSSR count). The Balaban J connectivity index is 1.25. The van der Waals surface area contributed by atoms with Gasteiger partial charge in [0.25, 0.3) is 5.91 Å². The van der Waals surface area contributed by atoms with Crippen molar-refractivity contribution in [1.82, 2.24) is 10.2 Å². The summed E-state index contributed by atoms with van der Waals surface area (Å²) in [6.07, 6.45) is 4.09. The average molecular weight is 387 g/mol. The second-order valence-corrected chi connectivity index (χ2v) is 8.21. The minimum atomic E-state index is -0.770. The number of nitrogens with one attached hydrogen (secondary N) is 1. The van der Waals surface area contributed by atoms with Crippen molar-refractivity contribution in [2.75, 3.05) is 44.3 Å². The molecule has 7 nitrogen and oxygen atoms in total. The number of carbonyl (C=O) groups is 2. The Kier molecular flexibility index (Phi) is 5.82. The van der Waals surface area contributed by atoms with E-state index in [4.69, 9.17) is 9.84 Å². The normalized spacial score (nSPS) is 24.7. The lowest BCUT2D eigenvalue weighted by Crippen LogP contribution is -2.55. The molecule has 2 aliphatic carbocycles. The van der Waals surface area contributed by atoms with Crippen LogP contribution in [0, 0.1) is 5.92 Å². The maximum atomic E-state index is 12.5. The molecule has 1 heterocycles. The monoisotopic (exact) mass is 387 g/mol. The first kappa shape index (κ1) is 19.2. The predicted octanol–water partition coefficient (Wildman–Crippen LogP) is 1.58. The number of benzene rings is 1. The third-order valence-electron chi connectivity index (χ3n) is 6.00. The molecule has 0 unspecified atom stereocenters. The van der Waals surface area contributed by atoms with Crippen molar-refractivity contribution < 1.29 is 19.4 Å². The van der Waals surface area contributed by atoms with Crippen LogP contribution in [0.1, 0.15) is 36.0 Å². The van der Waals surface area contributed by atoms with Gasteiger partial charge in [-0.1, -0.05) is 0 Å². The second kappa shape index (κ2) is 8.49. The van der Waals surface area contributed by atoms with E-state index in [1.807, 2.05) is 24.3 Å². The molecule has 1 aliphatic heterocycles. The van der Waals surface area contributed by atoms with Gasteiger partial charge in [-0.15, -0.1) is 0 Å². The highest BCUT2D eigenvalue weighted by Gasteiger charge is 2.37. The third kappa shape index (κ3) is 4.83. The number of anilines is 1. The molecule has 0 atom stereocenters. The van der Waals surface area contributed by atoms with Gasteiger partial charge in [-0.25, -0.2) is 0 Å². The summed E-state index contributed by atoms with van der Waals surface area (Å²) in [7, 11) is 0. The van der Waals surface area contributed by atoms with Crippen LogP contribution >= 0.6 is 0 Å². The van der Waals surface area contributed by atoms with Gasteiger partial charge in [0.2, 0.25) is 0 Å². The predicted molar refractivity (Wildman–Crippen MR) is 106 cm³/mol. The highest BCUT2D eigenvalue weighted by molar-refractivity contribution is 5.94. The number of aliphatic carboxylic acids is 1. The van der Waals surface area contributed by atoms with Gasteiger partial charge < -0.3 is 20.1 Å². The molecule has 0 aromatic heterocycles. The van der Waals surface area contributed by atoms with Gasteiger partial charge >= 0.3 is 5.97 Å². The molecule has 2 saturated carbocycles. The van der Waals surface area contributed by atoms with Gasteiger partial charge in [-0.2, -0.15) is 0 Å². The maximum Gasteiger partial charge on any atom is 0.317 e. The van der Waals surface area contributed by atoms with Crippen molar-refractivity contribution in [1.29, 1.82) is 0 Å². The second-order valence-electron chi connectivity index (χ2n) is 8.21. The summed E-state index contributed by atoms with van der Waals surface area (Å²) in [6.45, 7) is 4.21. The van der Waals surface area contributed by atoms with Crippen molar-refractivity contribution in [2.24, 2.45) is 5.92 Å². The van der Waals surface area contributed by atoms with E-state index in [2.05, 4.69) is 15.1 Å². The minimum Gasteiger partial charge on any atom is -0.480 e. The van der Waals surface area contributed by atoms with Crippen LogP contribution in [0.15, 0.2) is 24.3 Å². The topological polar surface area (TPSA) is 82.1 Å². The van der Waals surface area contributed by atoms with E-state index in [0.717, 1.165) is 51.4 Å². The molecule has 0 radical (unpaired) electrons. The number of carbonyl (C=O) groups excluding carboxylic acids is 1. The molecule has 28 heavy (non-hydrogen) atoms. The Morgan fingerprint density at radius 1 is 1.14 bits per heavy atom. The minimum absolute atomic E-state index is 0.0519. The van der Waals surface area contributed by atoms with Gasteiger partial charge in [-0.05, 0) is 55.9 Å². The fourth-order valence-corrected chi connectivity index (χ4v) is 4.07. The van der Waals surface area contributed by atoms with Crippen LogP contribution in [-0.4, -0.2) is 73.4 Å². The van der Waals surface area contributed by atoms with Crippen LogP contribution in [0.4, 0.5) is 5.69 Å². The van der Waals surface area contributed by atoms with Crippen LogP contribution in [0.3, 0.4) is 0 Å². The van der Waals surface area contributed by atoms with Crippen molar-refractivity contribution in [3.63, 3.8) is 0 Å². The van der Waals surface area contributed by atoms with E-state index < -0.39 is 5.97 Å². The van der Waals surface area contributed by atoms with Crippen molar-refractivity contribution in [3.05, 3.63) is 29.8 Å². The number of hydrogen-bond donors (Lipinski definition) is 2. The fourth-order valence-electron chi connectivity index (χ4n) is 4.07. The van der Waals surface area contributed by atoms with Crippen LogP contribution < -0.4 is 10.2 Å². The van der Waals surface area contributed by atoms with Gasteiger partial charge in [0.1, 0.15) is 0 Å². The molecule has 1 aromatic carbocycles. The molecular weight excluding hydrogens is 358 g/mol. The molecule has 3 aliphatic rings. The fraction of sp³-hybridized carbons (Fsp3) is 0.619. The number of amides is 1. The Bertz CT molecular complexity index is 692. The van der Waals surface area contributed by atoms with Crippen LogP contribution in [-0.2, 0) is 9.53 Å². The molecule has 2 N–H and O–H groups in total. The Morgan fingerprint density at radius 3 is 2.43 bits per heavy atom. The van der Waals surface area contributed by atoms with Crippen molar-refractivity contribution in [2.45, 2.75) is 37.8 Å². The number of nitrogens with zero attached hydrogens (tertiary/aromatic N) is 2. The van der Waals surface area contributed by atoms with Gasteiger partial charge in [0, 0.05) is 43.0 Å². The van der Waals surface area contributed by atoms with E-state index in [0.29, 0.717) is 11.5 Å². The number of ether oxygens (including phenoxy) is 1. The largest absolute Gasteiger partial charge is 0.480 e. The molecule has 1 aromatic rings. The highest BCUT2D eigenvalue weighted by Crippen LogP contribution is 2.33. The highest BCUT2D eigenvalue weighted by atomic mass is 16.5. The maximum absolute atomic E-state index is 12.5. The molecule has 152 valence electrons. The van der Waals surface area contributed by atoms with Crippen LogP contribution in [0.5, 0.6) is 0 Å². The molecule has 7 heteroatoms. The van der Waals surface area contributed by atoms with Crippen LogP contribution in [0.2, 0.25) is 0 Å². The average Bonchev–Trinajstić information content (AvgIpc) is 3.48. The molecular formula is C21H29N3O4. The smallest absolute Gasteiger partial charge is 0.317 e. The first-order valence-corrected chi connectivity index (χ1v) is 10.3. The standard InChI is InChI=1S/C21H29N3O4/c25-20(26)14-24(13-15-1-2-15)19-11-17(12-19)22-21(27)16-3-5-18(6-4-16)23-7-9-28-10-8-23/h3-6,15,17,19H,1-2,7-14H2,(H,22,27)(H,25,26). The first-order valence-electron chi connectivity index (χ1n) is 10.3. The molecule has 3 fully saturated rings. The van der Waals surface area contributed by atoms with Crippen molar-refractivity contribution in [3.8, 4) is 0 Å². The quantitative estimate of drug-likeness (QED) is 0.705. The molecule has 1 saturated heterocycles. The zero-order chi connectivity index (χ0) is 19.5. The Labute approximate surface area is 165 Å². The lowest BCUT2D eigenvalue weighted by Gasteiger charge is -2.42. The van der Waals surface area contributed by atoms with Crippen LogP contribution in [0.25, 0.3) is 0 Å². The van der Waals surface area contributed by atoms with Gasteiger partial charge in [0.15, 0.2) is 0 Å². The first-order chi connectivity index (χ1) is 13.6. The summed E-state index contributed by atoms with van der Waals surface area (Å²) >= 11 is 0. The third-order valence-corrected chi connectivity index (χ3v) is 6.00. The number of morpholine rings is 1. The van der Waals surface area contributed by atoms with Gasteiger partial charge in [-0.3, -0.25) is 14.5 Å². The summed E-state index contributed by atoms with van der Waals surface area (Å²) in [4.78, 5) is 28.0. The Hall–Kier alpha value is -2.12. The van der Waals surface area contributed by atoms with E-state index in [1.54, 1.807) is 0 Å². The molecule has 0 spiro atoms. The zero-order valence-electron chi connectivity index (χ0n) is 16.2. The number of rotatable bonds is 8. The number of carboxylic acids is 1. The molecule has 1 amide bonds. The summed E-state index contributed by atoms with van der Waals surface area (Å²) in [5.74, 6) is -0.157. The SMILES string of the molecule is O=C(O)CN(CC1CC1)C1CC(NC(=O)c2ccc(N3CCOCC3)cc2)C1. The van der Waals surface area contributed by atoms with E-state index >= 15 is 0 Å². The van der Waals surface area contributed by atoms with Gasteiger partial charge in [0.05, 0.1) is 19.8 Å². The van der Waals surface area contributed by atoms with E-state index in [-0.39, 0.29) is 24.5 Å². The lowest BCUT2D eigenvalue weighted by atomic mass is 9.85. The Morgan fingerprint density at radius 2 is 1.82 bits per heavy atom. The van der Waals surface area contributed by atoms with E-state index in [9.17, 15) is 9.59 Å². The molecule has 0 bridgehead atoms. The zero-order valence-corrected chi connectivity index (χ0v) is 16.2. The van der Waals surface area contributed by atoms with E-state index in [1.165, 1.54) is 12.8 Å². The number of carboxylic acid groups (broad SMARTS) is 1. The lowest BCUT2D eigenvalue weighted by molar-refractivity contribution is -0.139. The number of hydrogen-bond acceptors (Lipinski definition) is 5. The summed E-state index contributed by atoms with van der Waals surface area (Å²) in [5.41, 5.74) is 1.79. The summed E-state index contributed by atoms with van der Waals surface area (Å²) < 4.78 is 5.38. The summed E-state index contributed by atoms with van der Waals surface area (Å²) in [5, 5.41) is 12.2. The summed E-state index contributed by atoms with van der Waals surface area (Å²) in [6, 6.07) is 8.14.